The highest BCUT2D eigenvalue weighted by Crippen LogP contribution is 2.40. The van der Waals surface area contributed by atoms with Gasteiger partial charge in [-0.05, 0) is 35.9 Å². The van der Waals surface area contributed by atoms with Crippen LogP contribution in [-0.4, -0.2) is 16.6 Å². The molecule has 0 saturated heterocycles. The molecule has 0 amide bonds. The minimum atomic E-state index is -0.340. The SMILES string of the molecule is CN1NN=NC1c1c(Cl)c2cc(Cl)ccc2n1-c1ccc(CN)cc1.Cl. The summed E-state index contributed by atoms with van der Waals surface area (Å²) in [5.74, 6) is 0. The van der Waals surface area contributed by atoms with Crippen LogP contribution in [-0.2, 0) is 6.54 Å². The van der Waals surface area contributed by atoms with E-state index in [9.17, 15) is 0 Å². The lowest BCUT2D eigenvalue weighted by Crippen LogP contribution is -2.29. The van der Waals surface area contributed by atoms with E-state index in [2.05, 4.69) is 20.4 Å². The highest BCUT2D eigenvalue weighted by atomic mass is 35.5. The van der Waals surface area contributed by atoms with Crippen LogP contribution in [0.3, 0.4) is 0 Å². The van der Waals surface area contributed by atoms with E-state index in [0.717, 1.165) is 27.8 Å². The van der Waals surface area contributed by atoms with Crippen molar-refractivity contribution in [2.75, 3.05) is 7.05 Å². The number of hydrogen-bond acceptors (Lipinski definition) is 5. The van der Waals surface area contributed by atoms with Crippen LogP contribution in [0.25, 0.3) is 16.6 Å². The molecular weight excluding hydrogens is 395 g/mol. The first kappa shape index (κ1) is 18.9. The second-order valence-corrected chi connectivity index (χ2v) is 6.68. The van der Waals surface area contributed by atoms with E-state index in [0.29, 0.717) is 16.6 Å². The molecule has 0 bridgehead atoms. The molecule has 0 radical (unpaired) electrons. The summed E-state index contributed by atoms with van der Waals surface area (Å²) in [4.78, 5) is 0. The van der Waals surface area contributed by atoms with Crippen LogP contribution < -0.4 is 11.3 Å². The number of nitrogens with one attached hydrogen (secondary N) is 1. The summed E-state index contributed by atoms with van der Waals surface area (Å²) >= 11 is 12.9. The van der Waals surface area contributed by atoms with E-state index in [1.165, 1.54) is 0 Å². The van der Waals surface area contributed by atoms with Crippen LogP contribution in [0.5, 0.6) is 0 Å². The maximum Gasteiger partial charge on any atom is 0.185 e. The Hall–Kier alpha value is -1.83. The zero-order valence-electron chi connectivity index (χ0n) is 13.9. The monoisotopic (exact) mass is 410 g/mol. The van der Waals surface area contributed by atoms with Crippen LogP contribution in [0.4, 0.5) is 0 Å². The molecule has 3 aromatic rings. The second kappa shape index (κ2) is 7.42. The van der Waals surface area contributed by atoms with Gasteiger partial charge < -0.3 is 10.3 Å². The Labute approximate surface area is 166 Å². The quantitative estimate of drug-likeness (QED) is 0.660. The lowest BCUT2D eigenvalue weighted by Gasteiger charge is -2.19. The summed E-state index contributed by atoms with van der Waals surface area (Å²) in [5, 5.41) is 12.1. The Balaban J connectivity index is 0.00000196. The number of nitrogens with two attached hydrogens (primary N) is 1. The third-order valence-electron chi connectivity index (χ3n) is 4.31. The average molecular weight is 412 g/mol. The fourth-order valence-corrected chi connectivity index (χ4v) is 3.56. The zero-order chi connectivity index (χ0) is 17.6. The molecule has 1 unspecified atom stereocenters. The molecule has 26 heavy (non-hydrogen) atoms. The van der Waals surface area contributed by atoms with E-state index >= 15 is 0 Å². The first-order valence-electron chi connectivity index (χ1n) is 7.77. The van der Waals surface area contributed by atoms with Gasteiger partial charge in [0.05, 0.1) is 16.2 Å². The van der Waals surface area contributed by atoms with Crippen LogP contribution in [0.15, 0.2) is 52.8 Å². The van der Waals surface area contributed by atoms with Gasteiger partial charge in [-0.1, -0.05) is 40.6 Å². The van der Waals surface area contributed by atoms with Gasteiger partial charge in [0.2, 0.25) is 0 Å². The fourth-order valence-electron chi connectivity index (χ4n) is 3.05. The summed E-state index contributed by atoms with van der Waals surface area (Å²) in [6.45, 7) is 0.499. The third-order valence-corrected chi connectivity index (χ3v) is 4.95. The highest BCUT2D eigenvalue weighted by molar-refractivity contribution is 6.38. The van der Waals surface area contributed by atoms with Crippen molar-refractivity contribution >= 4 is 46.5 Å². The van der Waals surface area contributed by atoms with E-state index in [4.69, 9.17) is 28.9 Å². The zero-order valence-corrected chi connectivity index (χ0v) is 16.2. The number of hydrazine groups is 1. The van der Waals surface area contributed by atoms with Gasteiger partial charge in [-0.15, -0.1) is 17.5 Å². The predicted octanol–water partition coefficient (Wildman–Crippen LogP) is 4.63. The molecule has 9 heteroatoms. The standard InChI is InChI=1S/C17H16Cl2N6.ClH/c1-24-17(21-22-23-24)16-15(19)13-8-11(18)4-7-14(13)25(16)12-5-2-10(9-20)3-6-12;/h2-8,17H,9,20H2,1H3,(H,21,23);1H. The number of halogens is 3. The maximum absolute atomic E-state index is 6.73. The third kappa shape index (κ3) is 3.04. The Kier molecular flexibility index (Phi) is 5.41. The van der Waals surface area contributed by atoms with E-state index in [1.54, 1.807) is 5.01 Å². The molecule has 0 fully saturated rings. The summed E-state index contributed by atoms with van der Waals surface area (Å²) in [6.07, 6.45) is -0.340. The molecular formula is C17H17Cl3N6. The predicted molar refractivity (Wildman–Crippen MR) is 107 cm³/mol. The van der Waals surface area contributed by atoms with Gasteiger partial charge in [-0.2, -0.15) is 5.01 Å². The van der Waals surface area contributed by atoms with Crippen molar-refractivity contribution in [2.24, 2.45) is 16.1 Å². The van der Waals surface area contributed by atoms with Crippen LogP contribution in [0.2, 0.25) is 10.0 Å². The molecule has 1 aromatic heterocycles. The number of fused-ring (bicyclic) bond motifs is 1. The number of hydrogen-bond donors (Lipinski definition) is 2. The minimum absolute atomic E-state index is 0. The van der Waals surface area contributed by atoms with Crippen molar-refractivity contribution in [3.8, 4) is 5.69 Å². The van der Waals surface area contributed by atoms with Gasteiger partial charge in [-0.3, -0.25) is 0 Å². The van der Waals surface area contributed by atoms with E-state index in [-0.39, 0.29) is 18.6 Å². The number of benzene rings is 2. The Morgan fingerprint density at radius 3 is 2.50 bits per heavy atom. The number of aromatic nitrogens is 1. The molecule has 2 aromatic carbocycles. The topological polar surface area (TPSA) is 70.9 Å². The van der Waals surface area contributed by atoms with Crippen molar-refractivity contribution in [2.45, 2.75) is 12.7 Å². The van der Waals surface area contributed by atoms with Gasteiger partial charge in [-0.25, -0.2) is 5.53 Å². The first-order valence-corrected chi connectivity index (χ1v) is 8.53. The van der Waals surface area contributed by atoms with Gasteiger partial charge in [0.25, 0.3) is 0 Å². The van der Waals surface area contributed by atoms with E-state index < -0.39 is 0 Å². The van der Waals surface area contributed by atoms with Crippen LogP contribution in [0, 0.1) is 0 Å². The molecule has 0 spiro atoms. The minimum Gasteiger partial charge on any atom is -0.326 e. The largest absolute Gasteiger partial charge is 0.326 e. The smallest absolute Gasteiger partial charge is 0.185 e. The molecule has 1 aliphatic heterocycles. The van der Waals surface area contributed by atoms with E-state index in [1.807, 2.05) is 49.5 Å². The Morgan fingerprint density at radius 2 is 1.88 bits per heavy atom. The average Bonchev–Trinajstić information content (AvgIpc) is 3.16. The molecule has 4 rings (SSSR count). The van der Waals surface area contributed by atoms with Crippen molar-refractivity contribution in [3.63, 3.8) is 0 Å². The summed E-state index contributed by atoms with van der Waals surface area (Å²) in [7, 11) is 1.87. The normalized spacial score (nSPS) is 16.7. The molecule has 1 atom stereocenters. The van der Waals surface area contributed by atoms with Gasteiger partial charge in [0.15, 0.2) is 6.17 Å². The van der Waals surface area contributed by atoms with Gasteiger partial charge >= 0.3 is 0 Å². The fraction of sp³-hybridized carbons (Fsp3) is 0.176. The van der Waals surface area contributed by atoms with Gasteiger partial charge in [0, 0.05) is 29.7 Å². The number of nitrogens with zero attached hydrogens (tertiary/aromatic N) is 4. The Bertz CT molecular complexity index is 967. The second-order valence-electron chi connectivity index (χ2n) is 5.87. The molecule has 0 aliphatic carbocycles. The molecule has 136 valence electrons. The molecule has 0 saturated carbocycles. The summed E-state index contributed by atoms with van der Waals surface area (Å²) < 4.78 is 2.08. The summed E-state index contributed by atoms with van der Waals surface area (Å²) in [5.41, 5.74) is 12.4. The molecule has 2 heterocycles. The Morgan fingerprint density at radius 1 is 1.15 bits per heavy atom. The van der Waals surface area contributed by atoms with Crippen molar-refractivity contribution in [1.29, 1.82) is 0 Å². The number of rotatable bonds is 3. The first-order chi connectivity index (χ1) is 12.1. The summed E-state index contributed by atoms with van der Waals surface area (Å²) in [6, 6.07) is 13.7. The lowest BCUT2D eigenvalue weighted by atomic mass is 10.2. The molecule has 1 aliphatic rings. The van der Waals surface area contributed by atoms with Crippen molar-refractivity contribution in [1.82, 2.24) is 15.1 Å². The highest BCUT2D eigenvalue weighted by Gasteiger charge is 2.30. The van der Waals surface area contributed by atoms with Crippen LogP contribution >= 0.6 is 35.6 Å². The van der Waals surface area contributed by atoms with Crippen LogP contribution in [0.1, 0.15) is 17.4 Å². The van der Waals surface area contributed by atoms with Crippen molar-refractivity contribution in [3.05, 3.63) is 63.8 Å². The molecule has 3 N–H and O–H groups in total. The van der Waals surface area contributed by atoms with Crippen molar-refractivity contribution < 1.29 is 0 Å². The lowest BCUT2D eigenvalue weighted by molar-refractivity contribution is 0.218. The maximum atomic E-state index is 6.73. The van der Waals surface area contributed by atoms with Gasteiger partial charge in [0.1, 0.15) is 0 Å². The molecule has 6 nitrogen and oxygen atoms in total.